The van der Waals surface area contributed by atoms with Crippen LogP contribution >= 0.6 is 0 Å². The Bertz CT molecular complexity index is 261. The number of nitrogens with two attached hydrogens (primary N) is 1. The zero-order chi connectivity index (χ0) is 13.2. The molecule has 2 atom stereocenters. The van der Waals surface area contributed by atoms with Crippen molar-refractivity contribution in [2.24, 2.45) is 23.0 Å². The first-order valence-corrected chi connectivity index (χ1v) is 7.65. The third-order valence-corrected chi connectivity index (χ3v) is 5.27. The van der Waals surface area contributed by atoms with Gasteiger partial charge in [0, 0.05) is 19.6 Å². The summed E-state index contributed by atoms with van der Waals surface area (Å²) in [5.41, 5.74) is 6.44. The fraction of sp³-hybridized carbons (Fsp3) is 1.00. The maximum atomic E-state index is 9.81. The van der Waals surface area contributed by atoms with E-state index >= 15 is 0 Å². The lowest BCUT2D eigenvalue weighted by Crippen LogP contribution is -2.50. The number of rotatable bonds is 3. The van der Waals surface area contributed by atoms with Crippen LogP contribution in [0.15, 0.2) is 0 Å². The lowest BCUT2D eigenvalue weighted by molar-refractivity contribution is 0.00743. The quantitative estimate of drug-likeness (QED) is 0.808. The fourth-order valence-electron chi connectivity index (χ4n) is 3.64. The summed E-state index contributed by atoms with van der Waals surface area (Å²) < 4.78 is 0. The maximum Gasteiger partial charge on any atom is 0.0590 e. The highest BCUT2D eigenvalue weighted by Gasteiger charge is 2.36. The number of aliphatic hydroxyl groups is 1. The highest BCUT2D eigenvalue weighted by atomic mass is 16.3. The van der Waals surface area contributed by atoms with Crippen molar-refractivity contribution < 1.29 is 5.11 Å². The third-order valence-electron chi connectivity index (χ3n) is 5.27. The van der Waals surface area contributed by atoms with Crippen LogP contribution in [0.4, 0.5) is 0 Å². The molecule has 3 nitrogen and oxygen atoms in total. The number of piperidine rings is 1. The Morgan fingerprint density at radius 1 is 1.22 bits per heavy atom. The van der Waals surface area contributed by atoms with Crippen LogP contribution in [0, 0.1) is 17.3 Å². The van der Waals surface area contributed by atoms with Gasteiger partial charge in [0.2, 0.25) is 0 Å². The highest BCUT2D eigenvalue weighted by molar-refractivity contribution is 4.90. The van der Waals surface area contributed by atoms with Crippen LogP contribution < -0.4 is 5.73 Å². The second kappa shape index (κ2) is 5.89. The maximum absolute atomic E-state index is 9.81. The molecule has 18 heavy (non-hydrogen) atoms. The van der Waals surface area contributed by atoms with E-state index in [1.54, 1.807) is 0 Å². The average molecular weight is 254 g/mol. The first kappa shape index (κ1) is 14.3. The van der Waals surface area contributed by atoms with Gasteiger partial charge in [0.15, 0.2) is 0 Å². The van der Waals surface area contributed by atoms with Gasteiger partial charge >= 0.3 is 0 Å². The normalized spacial score (nSPS) is 43.0. The van der Waals surface area contributed by atoms with E-state index in [0.29, 0.717) is 11.3 Å². The van der Waals surface area contributed by atoms with Crippen LogP contribution in [-0.2, 0) is 0 Å². The summed E-state index contributed by atoms with van der Waals surface area (Å²) in [5, 5.41) is 9.81. The standard InChI is InChI=1S/C15H30N2O/c1-12-3-6-15(10-16,7-4-12)11-17-8-5-14(18)13(2)9-17/h12-14,18H,3-11,16H2,1-2H3. The van der Waals surface area contributed by atoms with E-state index < -0.39 is 0 Å². The molecule has 2 unspecified atom stereocenters. The van der Waals surface area contributed by atoms with Gasteiger partial charge in [-0.2, -0.15) is 0 Å². The molecule has 2 aliphatic rings. The second-order valence-corrected chi connectivity index (χ2v) is 6.96. The molecule has 0 amide bonds. The molecular formula is C15H30N2O. The number of nitrogens with zero attached hydrogens (tertiary/aromatic N) is 1. The molecule has 106 valence electrons. The summed E-state index contributed by atoms with van der Waals surface area (Å²) in [5.74, 6) is 1.29. The number of likely N-dealkylation sites (tertiary alicyclic amines) is 1. The molecule has 2 fully saturated rings. The van der Waals surface area contributed by atoms with Crippen LogP contribution in [0.25, 0.3) is 0 Å². The van der Waals surface area contributed by atoms with Gasteiger partial charge in [0.25, 0.3) is 0 Å². The molecule has 1 saturated heterocycles. The molecule has 1 aliphatic carbocycles. The Kier molecular flexibility index (Phi) is 4.68. The summed E-state index contributed by atoms with van der Waals surface area (Å²) in [7, 11) is 0. The highest BCUT2D eigenvalue weighted by Crippen LogP contribution is 2.39. The van der Waals surface area contributed by atoms with Crippen molar-refractivity contribution in [3.8, 4) is 0 Å². The average Bonchev–Trinajstić information content (AvgIpc) is 2.37. The minimum absolute atomic E-state index is 0.0959. The van der Waals surface area contributed by atoms with E-state index in [1.807, 2.05) is 0 Å². The van der Waals surface area contributed by atoms with Gasteiger partial charge in [-0.3, -0.25) is 0 Å². The Hall–Kier alpha value is -0.120. The van der Waals surface area contributed by atoms with Crippen LogP contribution in [0.5, 0.6) is 0 Å². The largest absolute Gasteiger partial charge is 0.393 e. The molecule has 3 N–H and O–H groups in total. The molecule has 0 aromatic heterocycles. The molecular weight excluding hydrogens is 224 g/mol. The first-order chi connectivity index (χ1) is 8.54. The Labute approximate surface area is 112 Å². The van der Waals surface area contributed by atoms with Gasteiger partial charge < -0.3 is 15.7 Å². The Balaban J connectivity index is 1.90. The van der Waals surface area contributed by atoms with Crippen molar-refractivity contribution >= 4 is 0 Å². The van der Waals surface area contributed by atoms with Crippen molar-refractivity contribution in [2.75, 3.05) is 26.2 Å². The van der Waals surface area contributed by atoms with E-state index in [4.69, 9.17) is 5.73 Å². The van der Waals surface area contributed by atoms with Crippen molar-refractivity contribution in [3.63, 3.8) is 0 Å². The zero-order valence-electron chi connectivity index (χ0n) is 12.1. The molecule has 1 aliphatic heterocycles. The molecule has 0 spiro atoms. The lowest BCUT2D eigenvalue weighted by atomic mass is 9.70. The minimum atomic E-state index is -0.0959. The molecule has 0 aromatic rings. The van der Waals surface area contributed by atoms with Gasteiger partial charge in [-0.05, 0) is 43.1 Å². The summed E-state index contributed by atoms with van der Waals surface area (Å²) in [6.07, 6.45) is 6.09. The molecule has 1 heterocycles. The summed E-state index contributed by atoms with van der Waals surface area (Å²) >= 11 is 0. The van der Waals surface area contributed by atoms with E-state index in [1.165, 1.54) is 25.7 Å². The Morgan fingerprint density at radius 3 is 2.44 bits per heavy atom. The zero-order valence-corrected chi connectivity index (χ0v) is 12.1. The summed E-state index contributed by atoms with van der Waals surface area (Å²) in [4.78, 5) is 2.54. The van der Waals surface area contributed by atoms with Gasteiger partial charge in [-0.1, -0.05) is 26.7 Å². The number of hydrogen-bond acceptors (Lipinski definition) is 3. The predicted octanol–water partition coefficient (Wildman–Crippen LogP) is 1.84. The number of hydrogen-bond donors (Lipinski definition) is 2. The van der Waals surface area contributed by atoms with Crippen molar-refractivity contribution in [1.82, 2.24) is 4.90 Å². The molecule has 0 bridgehead atoms. The monoisotopic (exact) mass is 254 g/mol. The SMILES string of the molecule is CC1CCC(CN)(CN2CCC(O)C(C)C2)CC1. The smallest absolute Gasteiger partial charge is 0.0590 e. The van der Waals surface area contributed by atoms with Gasteiger partial charge in [-0.25, -0.2) is 0 Å². The molecule has 1 saturated carbocycles. The lowest BCUT2D eigenvalue weighted by Gasteiger charge is -2.44. The van der Waals surface area contributed by atoms with Gasteiger partial charge in [0.1, 0.15) is 0 Å². The molecule has 2 rings (SSSR count). The fourth-order valence-corrected chi connectivity index (χ4v) is 3.64. The van der Waals surface area contributed by atoms with Crippen molar-refractivity contribution in [3.05, 3.63) is 0 Å². The van der Waals surface area contributed by atoms with E-state index in [-0.39, 0.29) is 6.10 Å². The topological polar surface area (TPSA) is 49.5 Å². The van der Waals surface area contributed by atoms with Crippen molar-refractivity contribution in [1.29, 1.82) is 0 Å². The van der Waals surface area contributed by atoms with Crippen LogP contribution in [-0.4, -0.2) is 42.3 Å². The van der Waals surface area contributed by atoms with Crippen LogP contribution in [0.3, 0.4) is 0 Å². The molecule has 0 aromatic carbocycles. The summed E-state index contributed by atoms with van der Waals surface area (Å²) in [6, 6.07) is 0. The summed E-state index contributed by atoms with van der Waals surface area (Å²) in [6.45, 7) is 8.58. The minimum Gasteiger partial charge on any atom is -0.393 e. The first-order valence-electron chi connectivity index (χ1n) is 7.65. The van der Waals surface area contributed by atoms with Crippen LogP contribution in [0.2, 0.25) is 0 Å². The van der Waals surface area contributed by atoms with Crippen LogP contribution in [0.1, 0.15) is 46.0 Å². The van der Waals surface area contributed by atoms with E-state index in [0.717, 1.165) is 38.5 Å². The number of aliphatic hydroxyl groups excluding tert-OH is 1. The third kappa shape index (κ3) is 3.25. The molecule has 0 radical (unpaired) electrons. The molecule has 3 heteroatoms. The van der Waals surface area contributed by atoms with E-state index in [9.17, 15) is 5.11 Å². The Morgan fingerprint density at radius 2 is 1.89 bits per heavy atom. The second-order valence-electron chi connectivity index (χ2n) is 6.96. The van der Waals surface area contributed by atoms with Crippen molar-refractivity contribution in [2.45, 2.75) is 52.1 Å². The van der Waals surface area contributed by atoms with Gasteiger partial charge in [-0.15, -0.1) is 0 Å². The van der Waals surface area contributed by atoms with Gasteiger partial charge in [0.05, 0.1) is 6.10 Å². The predicted molar refractivity (Wildman–Crippen MR) is 75.3 cm³/mol. The van der Waals surface area contributed by atoms with E-state index in [2.05, 4.69) is 18.7 Å².